The number of aromatic amines is 1. The Morgan fingerprint density at radius 3 is 2.81 bits per heavy atom. The van der Waals surface area contributed by atoms with Gasteiger partial charge in [0.15, 0.2) is 0 Å². The van der Waals surface area contributed by atoms with E-state index in [9.17, 15) is 9.59 Å². The molecule has 158 valence electrons. The third kappa shape index (κ3) is 3.91. The number of hydrogen-bond donors (Lipinski definition) is 1. The van der Waals surface area contributed by atoms with Gasteiger partial charge >= 0.3 is 5.69 Å². The van der Waals surface area contributed by atoms with E-state index < -0.39 is 0 Å². The number of piperidine rings is 1. The van der Waals surface area contributed by atoms with Crippen LogP contribution in [0.1, 0.15) is 24.4 Å². The summed E-state index contributed by atoms with van der Waals surface area (Å²) in [6, 6.07) is 13.3. The van der Waals surface area contributed by atoms with Crippen molar-refractivity contribution in [3.8, 4) is 5.75 Å². The molecule has 1 N–H and O–H groups in total. The molecule has 0 atom stereocenters. The Kier molecular flexibility index (Phi) is 5.16. The fraction of sp³-hybridized carbons (Fsp3) is 0.250. The van der Waals surface area contributed by atoms with Crippen molar-refractivity contribution in [2.24, 2.45) is 0 Å². The van der Waals surface area contributed by atoms with Crippen LogP contribution in [0.2, 0.25) is 5.02 Å². The molecule has 1 fully saturated rings. The van der Waals surface area contributed by atoms with Crippen LogP contribution in [0.25, 0.3) is 17.1 Å². The molecule has 5 rings (SSSR count). The van der Waals surface area contributed by atoms with Crippen molar-refractivity contribution in [2.45, 2.75) is 18.9 Å². The highest BCUT2D eigenvalue weighted by atomic mass is 35.5. The highest BCUT2D eigenvalue weighted by Crippen LogP contribution is 2.29. The van der Waals surface area contributed by atoms with Crippen molar-refractivity contribution in [3.63, 3.8) is 0 Å². The quantitative estimate of drug-likeness (QED) is 0.627. The van der Waals surface area contributed by atoms with Gasteiger partial charge in [0, 0.05) is 35.8 Å². The molecule has 0 spiro atoms. The molecule has 1 amide bonds. The van der Waals surface area contributed by atoms with Crippen molar-refractivity contribution in [1.82, 2.24) is 14.5 Å². The van der Waals surface area contributed by atoms with Gasteiger partial charge in [-0.25, -0.2) is 4.79 Å². The molecule has 2 aliphatic heterocycles. The maximum absolute atomic E-state index is 12.7. The van der Waals surface area contributed by atoms with Gasteiger partial charge in [0.2, 0.25) is 5.91 Å². The van der Waals surface area contributed by atoms with E-state index in [-0.39, 0.29) is 17.6 Å². The van der Waals surface area contributed by atoms with Crippen molar-refractivity contribution >= 4 is 34.6 Å². The fourth-order valence-electron chi connectivity index (χ4n) is 4.33. The van der Waals surface area contributed by atoms with Crippen LogP contribution in [-0.4, -0.2) is 40.1 Å². The Morgan fingerprint density at radius 2 is 1.97 bits per heavy atom. The standard InChI is InChI=1S/C24H22ClN3O3/c25-18-6-7-22-17(14-18)13-16(15-31-22)5-8-23(29)27-11-9-19(10-12-27)28-21-4-2-1-3-20(21)26-24(28)30/h1-8,13-14,19H,9-12,15H2,(H,26,30)/b8-5+. The number of hydrogen-bond acceptors (Lipinski definition) is 3. The van der Waals surface area contributed by atoms with E-state index in [0.29, 0.717) is 24.7 Å². The molecule has 6 nitrogen and oxygen atoms in total. The monoisotopic (exact) mass is 435 g/mol. The SMILES string of the molecule is O=C(/C=C/C1=Cc2cc(Cl)ccc2OC1)N1CCC(n2c(=O)[nH]c3ccccc32)CC1. The summed E-state index contributed by atoms with van der Waals surface area (Å²) < 4.78 is 7.57. The second-order valence-electron chi connectivity index (χ2n) is 7.90. The Bertz CT molecular complexity index is 1260. The highest BCUT2D eigenvalue weighted by molar-refractivity contribution is 6.30. The molecule has 3 aromatic rings. The predicted octanol–water partition coefficient (Wildman–Crippen LogP) is 4.18. The summed E-state index contributed by atoms with van der Waals surface area (Å²) in [6.45, 7) is 1.66. The largest absolute Gasteiger partial charge is 0.488 e. The van der Waals surface area contributed by atoms with Crippen LogP contribution < -0.4 is 10.4 Å². The van der Waals surface area contributed by atoms with Crippen molar-refractivity contribution < 1.29 is 9.53 Å². The van der Waals surface area contributed by atoms with Gasteiger partial charge in [-0.3, -0.25) is 9.36 Å². The van der Waals surface area contributed by atoms with Crippen LogP contribution in [0.5, 0.6) is 5.75 Å². The van der Waals surface area contributed by atoms with Crippen LogP contribution in [0.15, 0.2) is 65.0 Å². The number of halogens is 1. The van der Waals surface area contributed by atoms with E-state index in [4.69, 9.17) is 16.3 Å². The number of amides is 1. The van der Waals surface area contributed by atoms with Gasteiger partial charge in [-0.05, 0) is 54.8 Å². The topological polar surface area (TPSA) is 67.3 Å². The Labute approximate surface area is 184 Å². The Hall–Kier alpha value is -3.25. The van der Waals surface area contributed by atoms with Gasteiger partial charge in [-0.15, -0.1) is 0 Å². The van der Waals surface area contributed by atoms with Gasteiger partial charge < -0.3 is 14.6 Å². The average molecular weight is 436 g/mol. The summed E-state index contributed by atoms with van der Waals surface area (Å²) in [5.41, 5.74) is 3.51. The van der Waals surface area contributed by atoms with Gasteiger partial charge in [0.1, 0.15) is 12.4 Å². The summed E-state index contributed by atoms with van der Waals surface area (Å²) in [6.07, 6.45) is 6.90. The van der Waals surface area contributed by atoms with Crippen molar-refractivity contribution in [2.75, 3.05) is 19.7 Å². The molecular formula is C24H22ClN3O3. The number of para-hydroxylation sites is 2. The number of carbonyl (C=O) groups is 1. The van der Waals surface area contributed by atoms with E-state index in [1.54, 1.807) is 12.1 Å². The first-order valence-corrected chi connectivity index (χ1v) is 10.8. The molecule has 3 heterocycles. The number of carbonyl (C=O) groups excluding carboxylic acids is 1. The maximum atomic E-state index is 12.7. The van der Waals surface area contributed by atoms with Gasteiger partial charge in [-0.1, -0.05) is 29.8 Å². The third-order valence-corrected chi connectivity index (χ3v) is 6.15. The van der Waals surface area contributed by atoms with Crippen molar-refractivity contribution in [3.05, 3.63) is 81.3 Å². The number of ether oxygens (including phenoxy) is 1. The number of benzene rings is 2. The van der Waals surface area contributed by atoms with E-state index in [1.165, 1.54) is 0 Å². The lowest BCUT2D eigenvalue weighted by Gasteiger charge is -2.32. The number of likely N-dealkylation sites (tertiary alicyclic amines) is 1. The Morgan fingerprint density at radius 1 is 1.16 bits per heavy atom. The molecule has 2 aliphatic rings. The molecule has 0 unspecified atom stereocenters. The summed E-state index contributed by atoms with van der Waals surface area (Å²) in [5.74, 6) is 0.769. The number of rotatable bonds is 3. The summed E-state index contributed by atoms with van der Waals surface area (Å²) in [7, 11) is 0. The normalized spacial score (nSPS) is 16.9. The molecule has 31 heavy (non-hydrogen) atoms. The lowest BCUT2D eigenvalue weighted by atomic mass is 10.0. The minimum absolute atomic E-state index is 0.0254. The first-order valence-electron chi connectivity index (χ1n) is 10.4. The highest BCUT2D eigenvalue weighted by Gasteiger charge is 2.25. The van der Waals surface area contributed by atoms with E-state index in [1.807, 2.05) is 58.0 Å². The summed E-state index contributed by atoms with van der Waals surface area (Å²) in [5, 5.41) is 0.650. The van der Waals surface area contributed by atoms with E-state index in [2.05, 4.69) is 4.98 Å². The molecule has 0 bridgehead atoms. The van der Waals surface area contributed by atoms with E-state index >= 15 is 0 Å². The van der Waals surface area contributed by atoms with Crippen LogP contribution >= 0.6 is 11.6 Å². The zero-order chi connectivity index (χ0) is 21.4. The van der Waals surface area contributed by atoms with Crippen LogP contribution in [0, 0.1) is 0 Å². The molecular weight excluding hydrogens is 414 g/mol. The smallest absolute Gasteiger partial charge is 0.326 e. The van der Waals surface area contributed by atoms with Crippen molar-refractivity contribution in [1.29, 1.82) is 0 Å². The molecule has 0 saturated carbocycles. The predicted molar refractivity (Wildman–Crippen MR) is 121 cm³/mol. The average Bonchev–Trinajstić information content (AvgIpc) is 3.13. The van der Waals surface area contributed by atoms with E-state index in [0.717, 1.165) is 40.8 Å². The molecule has 2 aromatic carbocycles. The minimum Gasteiger partial charge on any atom is -0.488 e. The molecule has 0 radical (unpaired) electrons. The molecule has 1 saturated heterocycles. The molecule has 7 heteroatoms. The number of nitrogens with zero attached hydrogens (tertiary/aromatic N) is 2. The van der Waals surface area contributed by atoms with Gasteiger partial charge in [0.25, 0.3) is 0 Å². The second kappa shape index (κ2) is 8.12. The second-order valence-corrected chi connectivity index (χ2v) is 8.33. The number of fused-ring (bicyclic) bond motifs is 2. The number of nitrogens with one attached hydrogen (secondary N) is 1. The molecule has 1 aromatic heterocycles. The Balaban J connectivity index is 1.24. The first-order chi connectivity index (χ1) is 15.1. The van der Waals surface area contributed by atoms with Gasteiger partial charge in [0.05, 0.1) is 11.0 Å². The van der Waals surface area contributed by atoms with Crippen LogP contribution in [0.3, 0.4) is 0 Å². The van der Waals surface area contributed by atoms with Crippen LogP contribution in [-0.2, 0) is 4.79 Å². The lowest BCUT2D eigenvalue weighted by molar-refractivity contribution is -0.127. The van der Waals surface area contributed by atoms with Gasteiger partial charge in [-0.2, -0.15) is 0 Å². The maximum Gasteiger partial charge on any atom is 0.326 e. The first kappa shape index (κ1) is 19.7. The number of imidazole rings is 1. The molecule has 0 aliphatic carbocycles. The third-order valence-electron chi connectivity index (χ3n) is 5.91. The zero-order valence-corrected chi connectivity index (χ0v) is 17.6. The zero-order valence-electron chi connectivity index (χ0n) is 16.9. The van der Waals surface area contributed by atoms with Crippen LogP contribution in [0.4, 0.5) is 0 Å². The summed E-state index contributed by atoms with van der Waals surface area (Å²) >= 11 is 6.06. The lowest BCUT2D eigenvalue weighted by Crippen LogP contribution is -2.39. The summed E-state index contributed by atoms with van der Waals surface area (Å²) in [4.78, 5) is 29.9. The fourth-order valence-corrected chi connectivity index (χ4v) is 4.51. The minimum atomic E-state index is -0.0875. The number of H-pyrrole nitrogens is 1. The number of aromatic nitrogens is 2.